The van der Waals surface area contributed by atoms with Gasteiger partial charge in [-0.3, -0.25) is 0 Å². The molecule has 10 heavy (non-hydrogen) atoms. The van der Waals surface area contributed by atoms with Crippen LogP contribution in [0.25, 0.3) is 0 Å². The first-order valence-electron chi connectivity index (χ1n) is 3.92. The number of allylic oxidation sites excluding steroid dienone is 4. The molecule has 1 aliphatic rings. The van der Waals surface area contributed by atoms with E-state index in [0.717, 1.165) is 12.8 Å². The van der Waals surface area contributed by atoms with Crippen molar-refractivity contribution in [2.75, 3.05) is 0 Å². The molecule has 1 heteroatoms. The van der Waals surface area contributed by atoms with Crippen LogP contribution in [0.2, 0.25) is 0 Å². The van der Waals surface area contributed by atoms with Crippen LogP contribution in [0.15, 0.2) is 23.1 Å². The van der Waals surface area contributed by atoms with Gasteiger partial charge in [0.1, 0.15) is 0 Å². The topological polar surface area (TPSA) is 0 Å². The van der Waals surface area contributed by atoms with Crippen molar-refractivity contribution in [1.82, 2.24) is 0 Å². The Morgan fingerprint density at radius 2 is 1.90 bits per heavy atom. The quantitative estimate of drug-likeness (QED) is 0.401. The van der Waals surface area contributed by atoms with Gasteiger partial charge in [0.05, 0.1) is 0 Å². The molecule has 0 aromatic rings. The third-order valence-electron chi connectivity index (χ3n) is 1.68. The summed E-state index contributed by atoms with van der Waals surface area (Å²) in [4.78, 5) is 1.27. The second-order valence-electron chi connectivity index (χ2n) is 2.64. The Morgan fingerprint density at radius 3 is 2.80 bits per heavy atom. The fourth-order valence-corrected chi connectivity index (χ4v) is 1.37. The van der Waals surface area contributed by atoms with E-state index in [1.807, 2.05) is 0 Å². The fourth-order valence-electron chi connectivity index (χ4n) is 1.08. The lowest BCUT2D eigenvalue weighted by molar-refractivity contribution is 0.861. The fraction of sp³-hybridized carbons (Fsp3) is 0.556. The molecule has 0 N–H and O–H groups in total. The van der Waals surface area contributed by atoms with Gasteiger partial charge in [0.25, 0.3) is 0 Å². The molecule has 56 valence electrons. The van der Waals surface area contributed by atoms with Crippen LogP contribution in [0.3, 0.4) is 0 Å². The largest absolute Gasteiger partial charge is 0.148 e. The Kier molecular flexibility index (Phi) is 3.66. The minimum atomic E-state index is 1.16. The number of thiol groups is 1. The molecule has 0 fully saturated rings. The minimum absolute atomic E-state index is 1.16. The van der Waals surface area contributed by atoms with Crippen molar-refractivity contribution in [2.24, 2.45) is 0 Å². The van der Waals surface area contributed by atoms with Gasteiger partial charge >= 0.3 is 0 Å². The van der Waals surface area contributed by atoms with Crippen LogP contribution in [0, 0.1) is 0 Å². The van der Waals surface area contributed by atoms with E-state index < -0.39 is 0 Å². The molecular weight excluding hydrogens is 140 g/mol. The van der Waals surface area contributed by atoms with Crippen molar-refractivity contribution in [1.29, 1.82) is 0 Å². The van der Waals surface area contributed by atoms with E-state index in [4.69, 9.17) is 0 Å². The maximum absolute atomic E-state index is 4.36. The summed E-state index contributed by atoms with van der Waals surface area (Å²) in [7, 11) is 0. The van der Waals surface area contributed by atoms with Gasteiger partial charge in [0.2, 0.25) is 0 Å². The normalized spacial score (nSPS) is 29.1. The van der Waals surface area contributed by atoms with Crippen molar-refractivity contribution in [3.05, 3.63) is 23.1 Å². The molecule has 0 saturated carbocycles. The van der Waals surface area contributed by atoms with Gasteiger partial charge in [0, 0.05) is 0 Å². The van der Waals surface area contributed by atoms with E-state index in [0.29, 0.717) is 0 Å². The maximum atomic E-state index is 4.36. The molecule has 0 aromatic carbocycles. The van der Waals surface area contributed by atoms with Crippen LogP contribution >= 0.6 is 12.6 Å². The molecule has 0 aromatic heterocycles. The van der Waals surface area contributed by atoms with E-state index in [9.17, 15) is 0 Å². The molecule has 1 rings (SSSR count). The Morgan fingerprint density at radius 1 is 1.10 bits per heavy atom. The standard InChI is InChI=1S/C9H14S/c10-9-7-5-3-1-2-4-6-8-9/h1-2,7,10H,3-6,8H2/b2-1-,9-7+. The highest BCUT2D eigenvalue weighted by Gasteiger charge is 1.92. The van der Waals surface area contributed by atoms with Crippen molar-refractivity contribution in [2.45, 2.75) is 32.1 Å². The SMILES string of the molecule is S/C1=C/CC/C=C\CCC1. The Balaban J connectivity index is 2.39. The van der Waals surface area contributed by atoms with Crippen molar-refractivity contribution in [3.8, 4) is 0 Å². The van der Waals surface area contributed by atoms with Gasteiger partial charge in [-0.2, -0.15) is 0 Å². The Hall–Kier alpha value is -0.170. The summed E-state index contributed by atoms with van der Waals surface area (Å²) in [6, 6.07) is 0. The Bertz CT molecular complexity index is 145. The van der Waals surface area contributed by atoms with E-state index in [1.165, 1.54) is 24.2 Å². The van der Waals surface area contributed by atoms with Gasteiger partial charge in [0.15, 0.2) is 0 Å². The van der Waals surface area contributed by atoms with Crippen LogP contribution in [-0.4, -0.2) is 0 Å². The number of hydrogen-bond donors (Lipinski definition) is 1. The predicted octanol–water partition coefficient (Wildman–Crippen LogP) is 3.32. The summed E-state index contributed by atoms with van der Waals surface area (Å²) in [6.07, 6.45) is 12.8. The highest BCUT2D eigenvalue weighted by atomic mass is 32.1. The molecule has 1 aliphatic carbocycles. The molecule has 0 heterocycles. The van der Waals surface area contributed by atoms with Gasteiger partial charge in [-0.1, -0.05) is 18.2 Å². The van der Waals surface area contributed by atoms with E-state index in [-0.39, 0.29) is 0 Å². The van der Waals surface area contributed by atoms with Crippen LogP contribution in [0.4, 0.5) is 0 Å². The molecule has 0 atom stereocenters. The second-order valence-corrected chi connectivity index (χ2v) is 3.21. The third-order valence-corrected chi connectivity index (χ3v) is 2.09. The zero-order chi connectivity index (χ0) is 7.23. The number of hydrogen-bond acceptors (Lipinski definition) is 1. The van der Waals surface area contributed by atoms with E-state index >= 15 is 0 Å². The zero-order valence-electron chi connectivity index (χ0n) is 6.21. The molecule has 0 saturated heterocycles. The van der Waals surface area contributed by atoms with Crippen molar-refractivity contribution >= 4 is 12.6 Å². The lowest BCUT2D eigenvalue weighted by atomic mass is 10.2. The summed E-state index contributed by atoms with van der Waals surface area (Å²) in [5.74, 6) is 0. The lowest BCUT2D eigenvalue weighted by Gasteiger charge is -1.95. The number of rotatable bonds is 0. The average molecular weight is 154 g/mol. The lowest BCUT2D eigenvalue weighted by Crippen LogP contribution is -1.73. The van der Waals surface area contributed by atoms with Crippen LogP contribution in [0.1, 0.15) is 32.1 Å². The summed E-state index contributed by atoms with van der Waals surface area (Å²) in [6.45, 7) is 0. The molecular formula is C9H14S. The highest BCUT2D eigenvalue weighted by Crippen LogP contribution is 2.15. The Labute approximate surface area is 68.4 Å². The smallest absolute Gasteiger partial charge is 0.0221 e. The first-order valence-corrected chi connectivity index (χ1v) is 4.37. The van der Waals surface area contributed by atoms with Gasteiger partial charge in [-0.05, 0) is 37.0 Å². The van der Waals surface area contributed by atoms with Gasteiger partial charge in [-0.25, -0.2) is 0 Å². The summed E-state index contributed by atoms with van der Waals surface area (Å²) < 4.78 is 0. The molecule has 0 nitrogen and oxygen atoms in total. The molecule has 0 bridgehead atoms. The zero-order valence-corrected chi connectivity index (χ0v) is 7.11. The predicted molar refractivity (Wildman–Crippen MR) is 49.3 cm³/mol. The first kappa shape index (κ1) is 7.93. The van der Waals surface area contributed by atoms with E-state index in [2.05, 4.69) is 30.9 Å². The van der Waals surface area contributed by atoms with Gasteiger partial charge < -0.3 is 0 Å². The highest BCUT2D eigenvalue weighted by molar-refractivity contribution is 7.84. The van der Waals surface area contributed by atoms with Crippen molar-refractivity contribution in [3.63, 3.8) is 0 Å². The minimum Gasteiger partial charge on any atom is -0.148 e. The molecule has 0 aliphatic heterocycles. The summed E-state index contributed by atoms with van der Waals surface area (Å²) in [5.41, 5.74) is 0. The van der Waals surface area contributed by atoms with Gasteiger partial charge in [-0.15, -0.1) is 12.6 Å². The van der Waals surface area contributed by atoms with Crippen molar-refractivity contribution < 1.29 is 0 Å². The average Bonchev–Trinajstić information content (AvgIpc) is 2.02. The third kappa shape index (κ3) is 3.11. The van der Waals surface area contributed by atoms with Crippen LogP contribution < -0.4 is 0 Å². The molecule has 0 radical (unpaired) electrons. The molecule has 0 amide bonds. The molecule has 0 unspecified atom stereocenters. The monoisotopic (exact) mass is 154 g/mol. The van der Waals surface area contributed by atoms with E-state index in [1.54, 1.807) is 0 Å². The summed E-state index contributed by atoms with van der Waals surface area (Å²) >= 11 is 4.36. The van der Waals surface area contributed by atoms with Crippen LogP contribution in [-0.2, 0) is 0 Å². The maximum Gasteiger partial charge on any atom is -0.0221 e. The molecule has 0 spiro atoms. The second kappa shape index (κ2) is 4.62. The summed E-state index contributed by atoms with van der Waals surface area (Å²) in [5, 5.41) is 0. The first-order chi connectivity index (χ1) is 4.89. The van der Waals surface area contributed by atoms with Crippen LogP contribution in [0.5, 0.6) is 0 Å².